The first kappa shape index (κ1) is 28.3. The van der Waals surface area contributed by atoms with Gasteiger partial charge in [0.1, 0.15) is 23.2 Å². The normalized spacial score (nSPS) is 14.4. The number of amides is 1. The van der Waals surface area contributed by atoms with Crippen LogP contribution in [0.1, 0.15) is 16.8 Å². The third-order valence-electron chi connectivity index (χ3n) is 6.48. The summed E-state index contributed by atoms with van der Waals surface area (Å²) in [6, 6.07) is 11.3. The van der Waals surface area contributed by atoms with E-state index in [-0.39, 0.29) is 5.91 Å². The molecule has 40 heavy (non-hydrogen) atoms. The van der Waals surface area contributed by atoms with Crippen LogP contribution in [0.15, 0.2) is 52.3 Å². The molecule has 3 heterocycles. The number of hydrogen-bond donors (Lipinski definition) is 3. The summed E-state index contributed by atoms with van der Waals surface area (Å²) >= 11 is 9.55. The minimum atomic E-state index is 0.00944. The molecule has 0 aliphatic carbocycles. The Morgan fingerprint density at radius 3 is 2.85 bits per heavy atom. The molecule has 2 aromatic carbocycles. The molecule has 1 amide bonds. The summed E-state index contributed by atoms with van der Waals surface area (Å²) in [5.41, 5.74) is 11.5. The maximum absolute atomic E-state index is 12.6. The summed E-state index contributed by atoms with van der Waals surface area (Å²) in [7, 11) is 1.86. The van der Waals surface area contributed by atoms with E-state index in [9.17, 15) is 4.79 Å². The molecule has 0 bridgehead atoms. The van der Waals surface area contributed by atoms with Gasteiger partial charge in [0.25, 0.3) is 0 Å². The fourth-order valence-corrected chi connectivity index (χ4v) is 6.34. The van der Waals surface area contributed by atoms with Crippen LogP contribution in [0.5, 0.6) is 5.75 Å². The Hall–Kier alpha value is -3.22. The fourth-order valence-electron chi connectivity index (χ4n) is 4.44. The summed E-state index contributed by atoms with van der Waals surface area (Å²) < 4.78 is 12.2. The van der Waals surface area contributed by atoms with Gasteiger partial charge in [-0.15, -0.1) is 22.7 Å². The van der Waals surface area contributed by atoms with Gasteiger partial charge in [0.2, 0.25) is 5.91 Å². The average Bonchev–Trinajstić information content (AvgIpc) is 3.60. The molecule has 0 unspecified atom stereocenters. The number of nitrogens with two attached hydrogens (primary N) is 1. The lowest BCUT2D eigenvalue weighted by atomic mass is 10.1. The molecule has 4 aromatic rings. The van der Waals surface area contributed by atoms with Crippen molar-refractivity contribution >= 4 is 66.8 Å². The molecule has 9 nitrogen and oxygen atoms in total. The van der Waals surface area contributed by atoms with Crippen molar-refractivity contribution in [2.75, 3.05) is 51.8 Å². The predicted molar refractivity (Wildman–Crippen MR) is 164 cm³/mol. The van der Waals surface area contributed by atoms with Crippen LogP contribution in [0.25, 0.3) is 10.1 Å². The van der Waals surface area contributed by atoms with Crippen LogP contribution in [0.4, 0.5) is 10.7 Å². The summed E-state index contributed by atoms with van der Waals surface area (Å²) in [6.07, 6.45) is 0.320. The Morgan fingerprint density at radius 2 is 2.10 bits per heavy atom. The van der Waals surface area contributed by atoms with Crippen LogP contribution in [0.2, 0.25) is 5.02 Å². The van der Waals surface area contributed by atoms with E-state index >= 15 is 0 Å². The highest BCUT2D eigenvalue weighted by Crippen LogP contribution is 2.37. The summed E-state index contributed by atoms with van der Waals surface area (Å²) in [5.74, 6) is 0.938. The number of benzene rings is 2. The number of anilines is 1. The summed E-state index contributed by atoms with van der Waals surface area (Å²) in [6.45, 7) is 5.14. The first-order valence-corrected chi connectivity index (χ1v) is 15.1. The zero-order chi connectivity index (χ0) is 27.9. The van der Waals surface area contributed by atoms with Crippen molar-refractivity contribution in [2.24, 2.45) is 10.7 Å². The van der Waals surface area contributed by atoms with E-state index < -0.39 is 0 Å². The van der Waals surface area contributed by atoms with Crippen LogP contribution >= 0.6 is 34.3 Å². The van der Waals surface area contributed by atoms with Gasteiger partial charge in [-0.05, 0) is 29.8 Å². The van der Waals surface area contributed by atoms with Crippen molar-refractivity contribution in [1.82, 2.24) is 15.2 Å². The number of ether oxygens (including phenoxy) is 2. The van der Waals surface area contributed by atoms with E-state index in [1.54, 1.807) is 29.0 Å². The van der Waals surface area contributed by atoms with Crippen molar-refractivity contribution in [1.29, 1.82) is 0 Å². The smallest absolute Gasteiger partial charge is 0.224 e. The second-order valence-corrected chi connectivity index (χ2v) is 11.4. The Labute approximate surface area is 246 Å². The number of amidine groups is 1. The molecular weight excluding hydrogens is 568 g/mol. The zero-order valence-electron chi connectivity index (χ0n) is 22.1. The largest absolute Gasteiger partial charge is 0.486 e. The van der Waals surface area contributed by atoms with Crippen molar-refractivity contribution < 1.29 is 14.3 Å². The molecule has 0 radical (unpaired) electrons. The average molecular weight is 599 g/mol. The number of aromatic nitrogens is 1. The molecule has 0 spiro atoms. The quantitative estimate of drug-likeness (QED) is 0.170. The minimum Gasteiger partial charge on any atom is -0.486 e. The number of morpholine rings is 1. The maximum atomic E-state index is 12.6. The van der Waals surface area contributed by atoms with E-state index in [1.165, 1.54) is 11.3 Å². The van der Waals surface area contributed by atoms with E-state index in [1.807, 2.05) is 36.7 Å². The molecule has 0 saturated carbocycles. The number of halogens is 1. The number of nitrogens with one attached hydrogen (secondary N) is 2. The van der Waals surface area contributed by atoms with Crippen LogP contribution in [-0.4, -0.2) is 68.1 Å². The first-order chi connectivity index (χ1) is 19.5. The molecule has 12 heteroatoms. The monoisotopic (exact) mass is 598 g/mol. The molecule has 4 N–H and O–H groups in total. The van der Waals surface area contributed by atoms with E-state index in [0.717, 1.165) is 64.8 Å². The number of thiophene rings is 1. The highest BCUT2D eigenvalue weighted by Gasteiger charge is 2.17. The Kier molecular flexibility index (Phi) is 9.50. The SMILES string of the molecule is CNc1sc2cc(CC(=O)NCCN3CCOCC3)ccc2c1C(N)=Nc1ccc(OCc2cscn2)c(Cl)c1. The van der Waals surface area contributed by atoms with Gasteiger partial charge in [0.15, 0.2) is 0 Å². The van der Waals surface area contributed by atoms with Gasteiger partial charge in [-0.2, -0.15) is 0 Å². The lowest BCUT2D eigenvalue weighted by Crippen LogP contribution is -2.41. The number of aliphatic imine (C=N–C) groups is 1. The number of carbonyl (C=O) groups excluding carboxylic acids is 1. The Morgan fingerprint density at radius 1 is 1.25 bits per heavy atom. The van der Waals surface area contributed by atoms with Crippen molar-refractivity contribution in [3.05, 3.63) is 69.1 Å². The number of thiazole rings is 1. The third kappa shape index (κ3) is 7.10. The molecule has 210 valence electrons. The van der Waals surface area contributed by atoms with Gasteiger partial charge in [0.05, 0.1) is 47.1 Å². The topological polar surface area (TPSA) is 114 Å². The fraction of sp³-hybridized carbons (Fsp3) is 0.321. The molecule has 2 aromatic heterocycles. The molecule has 1 aliphatic rings. The van der Waals surface area contributed by atoms with Crippen LogP contribution in [0, 0.1) is 0 Å². The van der Waals surface area contributed by atoms with E-state index in [2.05, 4.69) is 25.5 Å². The van der Waals surface area contributed by atoms with Crippen molar-refractivity contribution in [2.45, 2.75) is 13.0 Å². The Bertz CT molecular complexity index is 1480. The van der Waals surface area contributed by atoms with Gasteiger partial charge in [-0.25, -0.2) is 9.98 Å². The van der Waals surface area contributed by atoms with Gasteiger partial charge >= 0.3 is 0 Å². The molecule has 1 fully saturated rings. The van der Waals surface area contributed by atoms with Crippen molar-refractivity contribution in [3.8, 4) is 5.75 Å². The van der Waals surface area contributed by atoms with Crippen LogP contribution < -0.4 is 21.1 Å². The van der Waals surface area contributed by atoms with Crippen LogP contribution in [0.3, 0.4) is 0 Å². The van der Waals surface area contributed by atoms with E-state index in [0.29, 0.717) is 41.9 Å². The standard InChI is InChI=1S/C28H31ClN6O3S2/c1-31-28-26(27(30)34-19-3-5-23(22(29)14-19)38-15-20-16-39-17-33-20)21-4-2-18(12-24(21)40-28)13-25(36)32-6-7-35-8-10-37-11-9-35/h2-5,12,14,16-17,31H,6-11,13,15H2,1H3,(H2,30,34)(H,32,36). The predicted octanol–water partition coefficient (Wildman–Crippen LogP) is 4.66. The second-order valence-electron chi connectivity index (χ2n) is 9.25. The van der Waals surface area contributed by atoms with Gasteiger partial charge < -0.3 is 25.8 Å². The highest BCUT2D eigenvalue weighted by molar-refractivity contribution is 7.23. The van der Waals surface area contributed by atoms with Gasteiger partial charge in [-0.1, -0.05) is 23.7 Å². The van der Waals surface area contributed by atoms with E-state index in [4.69, 9.17) is 26.8 Å². The second kappa shape index (κ2) is 13.4. The number of nitrogens with zero attached hydrogens (tertiary/aromatic N) is 3. The molecule has 0 atom stereocenters. The first-order valence-electron chi connectivity index (χ1n) is 12.9. The lowest BCUT2D eigenvalue weighted by Gasteiger charge is -2.26. The molecule has 1 aliphatic heterocycles. The minimum absolute atomic E-state index is 0.00944. The number of rotatable bonds is 11. The Balaban J connectivity index is 1.26. The zero-order valence-corrected chi connectivity index (χ0v) is 24.5. The summed E-state index contributed by atoms with van der Waals surface area (Å²) in [5, 5.41) is 10.5. The maximum Gasteiger partial charge on any atom is 0.224 e. The van der Waals surface area contributed by atoms with Gasteiger partial charge in [0, 0.05) is 48.7 Å². The molecule has 5 rings (SSSR count). The third-order valence-corrected chi connectivity index (χ3v) is 8.58. The van der Waals surface area contributed by atoms with Gasteiger partial charge in [-0.3, -0.25) is 9.69 Å². The lowest BCUT2D eigenvalue weighted by molar-refractivity contribution is -0.120. The van der Waals surface area contributed by atoms with Crippen LogP contribution in [-0.2, 0) is 22.6 Å². The number of fused-ring (bicyclic) bond motifs is 1. The molecule has 1 saturated heterocycles. The summed E-state index contributed by atoms with van der Waals surface area (Å²) in [4.78, 5) is 23.7. The highest BCUT2D eigenvalue weighted by atomic mass is 35.5. The molecular formula is C28H31ClN6O3S2. The number of carbonyl (C=O) groups is 1. The van der Waals surface area contributed by atoms with Crippen molar-refractivity contribution in [3.63, 3.8) is 0 Å². The number of hydrogen-bond acceptors (Lipinski definition) is 9.